The number of carbonyl (C=O) groups excluding carboxylic acids is 2. The van der Waals surface area contributed by atoms with Gasteiger partial charge in [-0.05, 0) is 68.5 Å². The number of hydrogen-bond acceptors (Lipinski definition) is 6. The van der Waals surface area contributed by atoms with Gasteiger partial charge in [0.05, 0.1) is 29.2 Å². The van der Waals surface area contributed by atoms with Gasteiger partial charge in [0, 0.05) is 29.0 Å². The molecule has 0 bridgehead atoms. The monoisotopic (exact) mass is 488 g/mol. The number of hydrogen-bond donors (Lipinski definition) is 3. The lowest BCUT2D eigenvalue weighted by Gasteiger charge is -2.16. The number of likely N-dealkylation sites (N-methyl/N-ethyl adjacent to an activating group) is 1. The topological polar surface area (TPSA) is 96.5 Å². The van der Waals surface area contributed by atoms with Crippen LogP contribution in [0.5, 0.6) is 0 Å². The molecule has 180 valence electrons. The van der Waals surface area contributed by atoms with Gasteiger partial charge in [-0.2, -0.15) is 0 Å². The van der Waals surface area contributed by atoms with Crippen LogP contribution in [-0.2, 0) is 16.2 Å². The van der Waals surface area contributed by atoms with E-state index < -0.39 is 11.4 Å². The highest BCUT2D eigenvalue weighted by molar-refractivity contribution is 7.89. The van der Waals surface area contributed by atoms with Crippen molar-refractivity contribution in [2.75, 3.05) is 37.8 Å². The molecule has 0 aliphatic carbocycles. The normalized spacial score (nSPS) is 14.9. The summed E-state index contributed by atoms with van der Waals surface area (Å²) in [5.74, 6) is -0.239. The molecule has 3 N–H and O–H groups in total. The SMILES string of the molecule is Cc1cc2c(cc1C=O)NC(=O)/C2=C(\Nc1ccc([S+]([O-])NCCN(C)C)cc1)c1ccccc1. The van der Waals surface area contributed by atoms with Crippen molar-refractivity contribution in [3.05, 3.63) is 89.0 Å². The zero-order chi connectivity index (χ0) is 24.9. The van der Waals surface area contributed by atoms with E-state index in [0.29, 0.717) is 34.0 Å². The first-order chi connectivity index (χ1) is 16.9. The molecule has 4 rings (SSSR count). The molecule has 0 saturated heterocycles. The Morgan fingerprint density at radius 2 is 1.80 bits per heavy atom. The lowest BCUT2D eigenvalue weighted by Crippen LogP contribution is -2.31. The lowest BCUT2D eigenvalue weighted by atomic mass is 9.97. The summed E-state index contributed by atoms with van der Waals surface area (Å²) < 4.78 is 15.5. The fraction of sp³-hybridized carbons (Fsp3) is 0.185. The number of amides is 1. The molecule has 8 heteroatoms. The first-order valence-corrected chi connectivity index (χ1v) is 12.4. The van der Waals surface area contributed by atoms with E-state index in [-0.39, 0.29) is 5.91 Å². The molecular weight excluding hydrogens is 460 g/mol. The van der Waals surface area contributed by atoms with E-state index in [1.807, 2.05) is 74.4 Å². The third-order valence-corrected chi connectivity index (χ3v) is 6.89. The summed E-state index contributed by atoms with van der Waals surface area (Å²) in [5.41, 5.74) is 5.46. The van der Waals surface area contributed by atoms with E-state index in [9.17, 15) is 14.1 Å². The Bertz CT molecular complexity index is 1260. The third kappa shape index (κ3) is 5.63. The highest BCUT2D eigenvalue weighted by Crippen LogP contribution is 2.38. The second-order valence-electron chi connectivity index (χ2n) is 8.56. The second-order valence-corrected chi connectivity index (χ2v) is 9.86. The van der Waals surface area contributed by atoms with Gasteiger partial charge in [0.1, 0.15) is 6.29 Å². The number of anilines is 2. The molecule has 3 aromatic carbocycles. The van der Waals surface area contributed by atoms with E-state index in [1.54, 1.807) is 18.2 Å². The predicted octanol–water partition coefficient (Wildman–Crippen LogP) is 3.91. The molecule has 3 aromatic rings. The predicted molar refractivity (Wildman–Crippen MR) is 141 cm³/mol. The van der Waals surface area contributed by atoms with Gasteiger partial charge in [0.15, 0.2) is 4.90 Å². The highest BCUT2D eigenvalue weighted by Gasteiger charge is 2.29. The fourth-order valence-corrected chi connectivity index (χ4v) is 4.68. The second kappa shape index (κ2) is 10.9. The first-order valence-electron chi connectivity index (χ1n) is 11.3. The number of nitrogens with zero attached hydrogens (tertiary/aromatic N) is 1. The fourth-order valence-electron chi connectivity index (χ4n) is 3.85. The molecule has 0 spiro atoms. The van der Waals surface area contributed by atoms with Gasteiger partial charge in [-0.25, -0.2) is 0 Å². The quantitative estimate of drug-likeness (QED) is 0.240. The minimum Gasteiger partial charge on any atom is -0.593 e. The van der Waals surface area contributed by atoms with Crippen molar-refractivity contribution >= 4 is 46.2 Å². The van der Waals surface area contributed by atoms with Crippen LogP contribution in [-0.4, -0.2) is 48.8 Å². The van der Waals surface area contributed by atoms with E-state index in [2.05, 4.69) is 15.4 Å². The highest BCUT2D eigenvalue weighted by atomic mass is 32.2. The Kier molecular flexibility index (Phi) is 7.67. The number of rotatable bonds is 9. The minimum absolute atomic E-state index is 0.239. The maximum atomic E-state index is 13.1. The van der Waals surface area contributed by atoms with Gasteiger partial charge in [-0.15, -0.1) is 4.72 Å². The Morgan fingerprint density at radius 3 is 2.46 bits per heavy atom. The van der Waals surface area contributed by atoms with Crippen LogP contribution in [0.1, 0.15) is 27.0 Å². The molecule has 1 amide bonds. The smallest absolute Gasteiger partial charge is 0.258 e. The average molecular weight is 489 g/mol. The summed E-state index contributed by atoms with van der Waals surface area (Å²) in [6, 6.07) is 20.5. The Balaban J connectivity index is 1.68. The summed E-state index contributed by atoms with van der Waals surface area (Å²) in [4.78, 5) is 27.2. The summed E-state index contributed by atoms with van der Waals surface area (Å²) in [6.45, 7) is 3.26. The van der Waals surface area contributed by atoms with E-state index in [4.69, 9.17) is 0 Å². The number of nitrogens with one attached hydrogen (secondary N) is 3. The number of carbonyl (C=O) groups is 2. The van der Waals surface area contributed by atoms with E-state index in [0.717, 1.165) is 35.2 Å². The molecule has 0 radical (unpaired) electrons. The van der Waals surface area contributed by atoms with Crippen molar-refractivity contribution in [2.45, 2.75) is 11.8 Å². The maximum absolute atomic E-state index is 13.1. The van der Waals surface area contributed by atoms with Crippen molar-refractivity contribution in [1.29, 1.82) is 0 Å². The van der Waals surface area contributed by atoms with Crippen molar-refractivity contribution in [1.82, 2.24) is 9.62 Å². The lowest BCUT2D eigenvalue weighted by molar-refractivity contribution is -0.110. The molecule has 0 aromatic heterocycles. The van der Waals surface area contributed by atoms with E-state index in [1.165, 1.54) is 0 Å². The van der Waals surface area contributed by atoms with Crippen LogP contribution in [0.3, 0.4) is 0 Å². The van der Waals surface area contributed by atoms with Gasteiger partial charge in [0.2, 0.25) is 0 Å². The minimum atomic E-state index is -1.31. The van der Waals surface area contributed by atoms with Gasteiger partial charge < -0.3 is 20.1 Å². The van der Waals surface area contributed by atoms with Crippen molar-refractivity contribution in [3.63, 3.8) is 0 Å². The first kappa shape index (κ1) is 24.7. The third-order valence-electron chi connectivity index (χ3n) is 5.72. The molecule has 1 unspecified atom stereocenters. The van der Waals surface area contributed by atoms with Crippen LogP contribution in [0.15, 0.2) is 71.6 Å². The molecule has 0 saturated carbocycles. The van der Waals surface area contributed by atoms with Gasteiger partial charge >= 0.3 is 0 Å². The Morgan fingerprint density at radius 1 is 1.09 bits per heavy atom. The van der Waals surface area contributed by atoms with Gasteiger partial charge in [-0.3, -0.25) is 9.59 Å². The van der Waals surface area contributed by atoms with Crippen LogP contribution in [0.4, 0.5) is 11.4 Å². The maximum Gasteiger partial charge on any atom is 0.258 e. The number of aldehydes is 1. The molecule has 35 heavy (non-hydrogen) atoms. The van der Waals surface area contributed by atoms with Crippen LogP contribution >= 0.6 is 0 Å². The number of fused-ring (bicyclic) bond motifs is 1. The molecular formula is C27H28N4O3S. The summed E-state index contributed by atoms with van der Waals surface area (Å²) >= 11 is -1.31. The zero-order valence-corrected chi connectivity index (χ0v) is 20.7. The largest absolute Gasteiger partial charge is 0.593 e. The molecule has 1 aliphatic heterocycles. The number of benzene rings is 3. The van der Waals surface area contributed by atoms with Gasteiger partial charge in [-0.1, -0.05) is 30.3 Å². The van der Waals surface area contributed by atoms with Crippen molar-refractivity contribution < 1.29 is 14.1 Å². The summed E-state index contributed by atoms with van der Waals surface area (Å²) in [7, 11) is 3.94. The Labute approximate surface area is 208 Å². The standard InChI is InChI=1S/C27H28N4O3S/c1-18-15-23-24(16-20(18)17-32)30-27(33)25(23)26(19-7-5-4-6-8-19)29-21-9-11-22(12-10-21)35(34)28-13-14-31(2)3/h4-12,15-17,28-29H,13-14H2,1-3H3,(H,30,33)/b26-25-. The van der Waals surface area contributed by atoms with Crippen molar-refractivity contribution in [3.8, 4) is 0 Å². The Hall–Kier alpha value is -3.43. The molecule has 1 atom stereocenters. The average Bonchev–Trinajstić information content (AvgIpc) is 3.16. The van der Waals surface area contributed by atoms with Crippen LogP contribution in [0.2, 0.25) is 0 Å². The van der Waals surface area contributed by atoms with Crippen molar-refractivity contribution in [2.24, 2.45) is 0 Å². The molecule has 7 nitrogen and oxygen atoms in total. The molecule has 1 heterocycles. The van der Waals surface area contributed by atoms with E-state index >= 15 is 0 Å². The van der Waals surface area contributed by atoms with Crippen LogP contribution < -0.4 is 15.4 Å². The number of aryl methyl sites for hydroxylation is 1. The summed E-state index contributed by atoms with van der Waals surface area (Å²) in [6.07, 6.45) is 0.792. The molecule has 0 fully saturated rings. The van der Waals surface area contributed by atoms with Crippen LogP contribution in [0.25, 0.3) is 11.3 Å². The van der Waals surface area contributed by atoms with Crippen LogP contribution in [0, 0.1) is 6.92 Å². The summed E-state index contributed by atoms with van der Waals surface area (Å²) in [5, 5.41) is 6.29. The van der Waals surface area contributed by atoms with Gasteiger partial charge in [0.25, 0.3) is 5.91 Å². The molecule has 1 aliphatic rings. The zero-order valence-electron chi connectivity index (χ0n) is 19.9.